The van der Waals surface area contributed by atoms with Crippen LogP contribution in [0.2, 0.25) is 0 Å². The van der Waals surface area contributed by atoms with Crippen molar-refractivity contribution >= 4 is 0 Å². The maximum absolute atomic E-state index is 10.7. The molecule has 2 N–H and O–H groups in total. The minimum absolute atomic E-state index is 0.632. The summed E-state index contributed by atoms with van der Waals surface area (Å²) in [5.41, 5.74) is 1.46. The Labute approximate surface area is 95.4 Å². The molecule has 0 bridgehead atoms. The third kappa shape index (κ3) is 1.51. The molecule has 3 nitrogen and oxygen atoms in total. The van der Waals surface area contributed by atoms with E-state index in [0.29, 0.717) is 6.54 Å². The topological polar surface area (TPSA) is 41.5 Å². The molecule has 0 saturated carbocycles. The Hall–Kier alpha value is -1.06. The molecular formula is C13H17NO2. The Kier molecular flexibility index (Phi) is 2.37. The zero-order valence-electron chi connectivity index (χ0n) is 9.33. The number of fused-ring (bicyclic) bond motifs is 1. The van der Waals surface area contributed by atoms with Gasteiger partial charge in [0.25, 0.3) is 0 Å². The molecule has 3 rings (SSSR count). The van der Waals surface area contributed by atoms with Crippen molar-refractivity contribution in [1.82, 2.24) is 5.32 Å². The summed E-state index contributed by atoms with van der Waals surface area (Å²) >= 11 is 0. The molecule has 0 spiro atoms. The van der Waals surface area contributed by atoms with Gasteiger partial charge in [-0.25, -0.2) is 0 Å². The number of rotatable bonds is 1. The second-order valence-corrected chi connectivity index (χ2v) is 4.70. The number of ether oxygens (including phenoxy) is 1. The van der Waals surface area contributed by atoms with E-state index in [2.05, 4.69) is 11.4 Å². The second kappa shape index (κ2) is 3.75. The highest BCUT2D eigenvalue weighted by atomic mass is 16.5. The fourth-order valence-corrected chi connectivity index (χ4v) is 2.70. The normalized spacial score (nSPS) is 28.6. The largest absolute Gasteiger partial charge is 0.493 e. The van der Waals surface area contributed by atoms with E-state index in [1.807, 2.05) is 12.1 Å². The number of aliphatic hydroxyl groups is 1. The molecule has 1 aromatic carbocycles. The quantitative estimate of drug-likeness (QED) is 0.745. The van der Waals surface area contributed by atoms with Crippen molar-refractivity contribution in [1.29, 1.82) is 0 Å². The number of piperidine rings is 1. The number of nitrogens with one attached hydrogen (secondary N) is 1. The van der Waals surface area contributed by atoms with Crippen molar-refractivity contribution < 1.29 is 9.84 Å². The molecule has 2 aliphatic rings. The van der Waals surface area contributed by atoms with Gasteiger partial charge in [0.05, 0.1) is 6.61 Å². The lowest BCUT2D eigenvalue weighted by Crippen LogP contribution is -2.43. The van der Waals surface area contributed by atoms with Gasteiger partial charge < -0.3 is 15.2 Å². The Bertz CT molecular complexity index is 397. The van der Waals surface area contributed by atoms with Gasteiger partial charge in [-0.2, -0.15) is 0 Å². The fraction of sp³-hybridized carbons (Fsp3) is 0.538. The first-order valence-electron chi connectivity index (χ1n) is 5.98. The van der Waals surface area contributed by atoms with Crippen molar-refractivity contribution in [2.24, 2.45) is 0 Å². The average molecular weight is 219 g/mol. The van der Waals surface area contributed by atoms with Gasteiger partial charge >= 0.3 is 0 Å². The molecule has 1 fully saturated rings. The minimum Gasteiger partial charge on any atom is -0.493 e. The van der Waals surface area contributed by atoms with Gasteiger partial charge in [0.2, 0.25) is 0 Å². The smallest absolute Gasteiger partial charge is 0.128 e. The van der Waals surface area contributed by atoms with Crippen LogP contribution >= 0.6 is 0 Å². The number of benzene rings is 1. The summed E-state index contributed by atoms with van der Waals surface area (Å²) in [6.07, 6.45) is 2.80. The maximum atomic E-state index is 10.7. The number of hydrogen-bond donors (Lipinski definition) is 2. The van der Waals surface area contributed by atoms with Gasteiger partial charge in [-0.1, -0.05) is 18.2 Å². The van der Waals surface area contributed by atoms with Gasteiger partial charge in [0.1, 0.15) is 11.4 Å². The van der Waals surface area contributed by atoms with E-state index in [-0.39, 0.29) is 0 Å². The summed E-state index contributed by atoms with van der Waals surface area (Å²) in [5.74, 6) is 0.925. The summed E-state index contributed by atoms with van der Waals surface area (Å²) in [6.45, 7) is 2.38. The highest BCUT2D eigenvalue weighted by molar-refractivity contribution is 5.47. The highest BCUT2D eigenvalue weighted by Crippen LogP contribution is 2.39. The first-order valence-corrected chi connectivity index (χ1v) is 5.98. The zero-order valence-corrected chi connectivity index (χ0v) is 9.33. The Balaban J connectivity index is 2.02. The third-order valence-corrected chi connectivity index (χ3v) is 3.58. The molecule has 0 radical (unpaired) electrons. The minimum atomic E-state index is -0.742. The number of hydrogen-bond acceptors (Lipinski definition) is 3. The van der Waals surface area contributed by atoms with Crippen molar-refractivity contribution in [3.63, 3.8) is 0 Å². The van der Waals surface area contributed by atoms with Gasteiger partial charge in [0, 0.05) is 18.5 Å². The molecule has 3 heteroatoms. The highest BCUT2D eigenvalue weighted by Gasteiger charge is 2.35. The van der Waals surface area contributed by atoms with Crippen LogP contribution in [0.25, 0.3) is 0 Å². The van der Waals surface area contributed by atoms with Crippen LogP contribution in [-0.4, -0.2) is 24.8 Å². The van der Waals surface area contributed by atoms with E-state index in [1.54, 1.807) is 0 Å². The lowest BCUT2D eigenvalue weighted by Gasteiger charge is -2.34. The first kappa shape index (κ1) is 10.1. The van der Waals surface area contributed by atoms with Gasteiger partial charge in [0.15, 0.2) is 0 Å². The van der Waals surface area contributed by atoms with E-state index >= 15 is 0 Å². The average Bonchev–Trinajstić information content (AvgIpc) is 2.77. The third-order valence-electron chi connectivity index (χ3n) is 3.58. The lowest BCUT2D eigenvalue weighted by atomic mass is 9.85. The molecule has 2 aliphatic heterocycles. The summed E-state index contributed by atoms with van der Waals surface area (Å²) in [7, 11) is 0. The van der Waals surface area contributed by atoms with Crippen LogP contribution in [0, 0.1) is 0 Å². The van der Waals surface area contributed by atoms with Crippen LogP contribution in [0.15, 0.2) is 18.2 Å². The summed E-state index contributed by atoms with van der Waals surface area (Å²) in [5, 5.41) is 13.9. The monoisotopic (exact) mass is 219 g/mol. The van der Waals surface area contributed by atoms with Crippen LogP contribution in [0.1, 0.15) is 24.0 Å². The van der Waals surface area contributed by atoms with E-state index in [9.17, 15) is 5.11 Å². The van der Waals surface area contributed by atoms with E-state index < -0.39 is 5.60 Å². The van der Waals surface area contributed by atoms with Crippen LogP contribution in [0.5, 0.6) is 5.75 Å². The van der Waals surface area contributed by atoms with Crippen LogP contribution in [0.3, 0.4) is 0 Å². The maximum Gasteiger partial charge on any atom is 0.128 e. The molecule has 86 valence electrons. The van der Waals surface area contributed by atoms with E-state index in [0.717, 1.165) is 43.7 Å². The number of β-amino-alcohol motifs (C(OH)–C–C–N with tert-alkyl or cyclic N) is 1. The second-order valence-electron chi connectivity index (χ2n) is 4.70. The standard InChI is InChI=1S/C13H17NO2/c15-13(6-2-7-14-9-13)11-4-1-3-10-5-8-16-12(10)11/h1,3-4,14-15H,2,5-9H2. The molecule has 1 unspecified atom stereocenters. The van der Waals surface area contributed by atoms with Crippen LogP contribution in [0.4, 0.5) is 0 Å². The Morgan fingerprint density at radius 3 is 3.12 bits per heavy atom. The van der Waals surface area contributed by atoms with E-state index in [4.69, 9.17) is 4.74 Å². The molecule has 0 aromatic heterocycles. The summed E-state index contributed by atoms with van der Waals surface area (Å²) in [4.78, 5) is 0. The molecule has 0 aliphatic carbocycles. The van der Waals surface area contributed by atoms with Gasteiger partial charge in [-0.3, -0.25) is 0 Å². The molecule has 0 amide bonds. The lowest BCUT2D eigenvalue weighted by molar-refractivity contribution is 0.0102. The molecule has 1 aromatic rings. The van der Waals surface area contributed by atoms with Crippen molar-refractivity contribution in [2.75, 3.05) is 19.7 Å². The molecule has 16 heavy (non-hydrogen) atoms. The molecule has 1 atom stereocenters. The van der Waals surface area contributed by atoms with Crippen molar-refractivity contribution in [2.45, 2.75) is 24.9 Å². The summed E-state index contributed by atoms with van der Waals surface area (Å²) < 4.78 is 5.66. The summed E-state index contributed by atoms with van der Waals surface area (Å²) in [6, 6.07) is 6.11. The van der Waals surface area contributed by atoms with Gasteiger partial charge in [-0.15, -0.1) is 0 Å². The van der Waals surface area contributed by atoms with Gasteiger partial charge in [-0.05, 0) is 24.9 Å². The molecule has 2 heterocycles. The first-order chi connectivity index (χ1) is 7.80. The van der Waals surface area contributed by atoms with Crippen LogP contribution < -0.4 is 10.1 Å². The van der Waals surface area contributed by atoms with Crippen molar-refractivity contribution in [3.8, 4) is 5.75 Å². The SMILES string of the molecule is OC1(c2cccc3c2OCC3)CCCNC1. The Morgan fingerprint density at radius 2 is 2.31 bits per heavy atom. The molecule has 1 saturated heterocycles. The van der Waals surface area contributed by atoms with E-state index in [1.165, 1.54) is 5.56 Å². The fourth-order valence-electron chi connectivity index (χ4n) is 2.70. The Morgan fingerprint density at radius 1 is 1.38 bits per heavy atom. The molecular weight excluding hydrogens is 202 g/mol. The van der Waals surface area contributed by atoms with Crippen molar-refractivity contribution in [3.05, 3.63) is 29.3 Å². The zero-order chi connectivity index (χ0) is 11.0. The predicted octanol–water partition coefficient (Wildman–Crippen LogP) is 1.19. The number of para-hydroxylation sites is 1. The van der Waals surface area contributed by atoms with Crippen LogP contribution in [-0.2, 0) is 12.0 Å². The predicted molar refractivity (Wildman–Crippen MR) is 61.6 cm³/mol.